The predicted molar refractivity (Wildman–Crippen MR) is 80.7 cm³/mol. The maximum atomic E-state index is 10.4. The van der Waals surface area contributed by atoms with E-state index in [1.807, 2.05) is 12.1 Å². The molecular weight excluding hydrogens is 286 g/mol. The molecule has 0 radical (unpaired) electrons. The normalized spacial score (nSPS) is 23.0. The molecular formula is C16H23NO5. The summed E-state index contributed by atoms with van der Waals surface area (Å²) < 4.78 is 5.10. The second-order valence-corrected chi connectivity index (χ2v) is 5.84. The van der Waals surface area contributed by atoms with E-state index >= 15 is 0 Å². The molecule has 0 aliphatic carbocycles. The smallest absolute Gasteiger partial charge is 0.341 e. The molecule has 1 aliphatic heterocycles. The number of carbonyl (C=O) groups is 1. The standard InChI is InChI=1S/C16H23NO5/c18-12-16(21)6-1-8-17(9-7-16)10-13-2-4-14(5-3-13)22-11-15(19)20/h2-5,18,21H,1,6-12H2,(H,19,20)/t16-/m0/s1. The Hall–Kier alpha value is -1.63. The number of aliphatic hydroxyl groups excluding tert-OH is 1. The first-order chi connectivity index (χ1) is 10.5. The molecule has 122 valence electrons. The zero-order valence-corrected chi connectivity index (χ0v) is 12.6. The molecule has 3 N–H and O–H groups in total. The Kier molecular flexibility index (Phi) is 5.76. The van der Waals surface area contributed by atoms with E-state index in [2.05, 4.69) is 4.90 Å². The first kappa shape index (κ1) is 16.7. The molecule has 1 fully saturated rings. The molecule has 1 heterocycles. The Morgan fingerprint density at radius 2 is 1.95 bits per heavy atom. The topological polar surface area (TPSA) is 90.2 Å². The summed E-state index contributed by atoms with van der Waals surface area (Å²) in [5.41, 5.74) is 0.167. The minimum atomic E-state index is -0.995. The van der Waals surface area contributed by atoms with Crippen LogP contribution in [0.15, 0.2) is 24.3 Å². The van der Waals surface area contributed by atoms with Crippen LogP contribution in [-0.4, -0.2) is 58.1 Å². The number of aliphatic carboxylic acids is 1. The molecule has 1 aliphatic rings. The predicted octanol–water partition coefficient (Wildman–Crippen LogP) is 0.859. The van der Waals surface area contributed by atoms with Crippen molar-refractivity contribution >= 4 is 5.97 Å². The van der Waals surface area contributed by atoms with E-state index in [4.69, 9.17) is 9.84 Å². The van der Waals surface area contributed by atoms with E-state index in [9.17, 15) is 15.0 Å². The third-order valence-corrected chi connectivity index (χ3v) is 4.00. The maximum Gasteiger partial charge on any atom is 0.341 e. The third kappa shape index (κ3) is 4.98. The zero-order valence-electron chi connectivity index (χ0n) is 12.6. The van der Waals surface area contributed by atoms with Crippen molar-refractivity contribution in [2.24, 2.45) is 0 Å². The van der Waals surface area contributed by atoms with Crippen molar-refractivity contribution in [2.45, 2.75) is 31.4 Å². The molecule has 0 unspecified atom stereocenters. The van der Waals surface area contributed by atoms with Crippen LogP contribution in [0.25, 0.3) is 0 Å². The first-order valence-corrected chi connectivity index (χ1v) is 7.50. The Morgan fingerprint density at radius 3 is 2.59 bits per heavy atom. The minimum absolute atomic E-state index is 0.184. The van der Waals surface area contributed by atoms with E-state index in [1.54, 1.807) is 12.1 Å². The van der Waals surface area contributed by atoms with Crippen LogP contribution in [0, 0.1) is 0 Å². The number of benzene rings is 1. The summed E-state index contributed by atoms with van der Waals surface area (Å²) in [7, 11) is 0. The van der Waals surface area contributed by atoms with Crippen LogP contribution in [0.3, 0.4) is 0 Å². The average molecular weight is 309 g/mol. The summed E-state index contributed by atoms with van der Waals surface area (Å²) in [6.07, 6.45) is 2.06. The van der Waals surface area contributed by atoms with E-state index in [0.717, 1.165) is 31.6 Å². The lowest BCUT2D eigenvalue weighted by atomic mass is 9.96. The van der Waals surface area contributed by atoms with Gasteiger partial charge in [-0.15, -0.1) is 0 Å². The van der Waals surface area contributed by atoms with Gasteiger partial charge in [0.05, 0.1) is 12.2 Å². The number of aliphatic hydroxyl groups is 2. The van der Waals surface area contributed by atoms with E-state index in [0.29, 0.717) is 18.6 Å². The number of likely N-dealkylation sites (tertiary alicyclic amines) is 1. The summed E-state index contributed by atoms with van der Waals surface area (Å²) in [5.74, 6) is -0.457. The van der Waals surface area contributed by atoms with Gasteiger partial charge < -0.3 is 20.1 Å². The number of ether oxygens (including phenoxy) is 1. The highest BCUT2D eigenvalue weighted by molar-refractivity contribution is 5.68. The van der Waals surface area contributed by atoms with Crippen molar-refractivity contribution in [3.8, 4) is 5.75 Å². The Morgan fingerprint density at radius 1 is 1.23 bits per heavy atom. The molecule has 0 saturated carbocycles. The Bertz CT molecular complexity index is 490. The quantitative estimate of drug-likeness (QED) is 0.722. The molecule has 1 saturated heterocycles. The summed E-state index contributed by atoms with van der Waals surface area (Å²) >= 11 is 0. The molecule has 1 aromatic rings. The van der Waals surface area contributed by atoms with Crippen molar-refractivity contribution in [2.75, 3.05) is 26.3 Å². The summed E-state index contributed by atoms with van der Waals surface area (Å²) in [4.78, 5) is 12.7. The van der Waals surface area contributed by atoms with Crippen molar-refractivity contribution in [1.82, 2.24) is 4.90 Å². The molecule has 2 rings (SSSR count). The van der Waals surface area contributed by atoms with Gasteiger partial charge in [0, 0.05) is 13.1 Å². The summed E-state index contributed by atoms with van der Waals surface area (Å²) in [5, 5.41) is 28.0. The second-order valence-electron chi connectivity index (χ2n) is 5.84. The van der Waals surface area contributed by atoms with Gasteiger partial charge in [0.1, 0.15) is 5.75 Å². The lowest BCUT2D eigenvalue weighted by molar-refractivity contribution is -0.139. The van der Waals surface area contributed by atoms with Crippen LogP contribution in [0.1, 0.15) is 24.8 Å². The first-order valence-electron chi connectivity index (χ1n) is 7.50. The number of nitrogens with zero attached hydrogens (tertiary/aromatic N) is 1. The molecule has 0 amide bonds. The molecule has 0 bridgehead atoms. The van der Waals surface area contributed by atoms with Crippen molar-refractivity contribution in [1.29, 1.82) is 0 Å². The Labute approximate surface area is 129 Å². The average Bonchev–Trinajstić information content (AvgIpc) is 2.69. The van der Waals surface area contributed by atoms with Gasteiger partial charge in [0.2, 0.25) is 0 Å². The van der Waals surface area contributed by atoms with Gasteiger partial charge in [0.15, 0.2) is 6.61 Å². The number of carboxylic acids is 1. The second kappa shape index (κ2) is 7.58. The van der Waals surface area contributed by atoms with Gasteiger partial charge in [-0.05, 0) is 43.5 Å². The fourth-order valence-corrected chi connectivity index (χ4v) is 2.65. The molecule has 0 aromatic heterocycles. The molecule has 1 atom stereocenters. The zero-order chi connectivity index (χ0) is 16.0. The molecule has 22 heavy (non-hydrogen) atoms. The van der Waals surface area contributed by atoms with Gasteiger partial charge in [0.25, 0.3) is 0 Å². The SMILES string of the molecule is O=C(O)COc1ccc(CN2CCC[C@@](O)(CO)CC2)cc1. The number of hydrogen-bond donors (Lipinski definition) is 3. The highest BCUT2D eigenvalue weighted by atomic mass is 16.5. The molecule has 1 aromatic carbocycles. The molecule has 6 heteroatoms. The number of carboxylic acid groups (broad SMARTS) is 1. The highest BCUT2D eigenvalue weighted by Crippen LogP contribution is 2.23. The van der Waals surface area contributed by atoms with E-state index in [1.165, 1.54) is 0 Å². The van der Waals surface area contributed by atoms with Crippen molar-refractivity contribution in [3.63, 3.8) is 0 Å². The van der Waals surface area contributed by atoms with Gasteiger partial charge in [-0.25, -0.2) is 4.79 Å². The van der Waals surface area contributed by atoms with Crippen LogP contribution in [0.2, 0.25) is 0 Å². The summed E-state index contributed by atoms with van der Waals surface area (Å²) in [6.45, 7) is 1.87. The lowest BCUT2D eigenvalue weighted by Gasteiger charge is -2.24. The van der Waals surface area contributed by atoms with E-state index in [-0.39, 0.29) is 13.2 Å². The van der Waals surface area contributed by atoms with Gasteiger partial charge in [-0.1, -0.05) is 12.1 Å². The van der Waals surface area contributed by atoms with Gasteiger partial charge in [-0.2, -0.15) is 0 Å². The van der Waals surface area contributed by atoms with Crippen LogP contribution in [0.4, 0.5) is 0 Å². The largest absolute Gasteiger partial charge is 0.482 e. The Balaban J connectivity index is 1.87. The van der Waals surface area contributed by atoms with Crippen molar-refractivity contribution in [3.05, 3.63) is 29.8 Å². The van der Waals surface area contributed by atoms with Crippen LogP contribution < -0.4 is 4.74 Å². The van der Waals surface area contributed by atoms with Crippen molar-refractivity contribution < 1.29 is 24.9 Å². The maximum absolute atomic E-state index is 10.4. The third-order valence-electron chi connectivity index (χ3n) is 4.00. The fraction of sp³-hybridized carbons (Fsp3) is 0.562. The number of hydrogen-bond acceptors (Lipinski definition) is 5. The van der Waals surface area contributed by atoms with Gasteiger partial charge >= 0.3 is 5.97 Å². The lowest BCUT2D eigenvalue weighted by Crippen LogP contribution is -2.34. The number of rotatable bonds is 6. The van der Waals surface area contributed by atoms with E-state index < -0.39 is 11.6 Å². The van der Waals surface area contributed by atoms with Crippen LogP contribution in [-0.2, 0) is 11.3 Å². The van der Waals surface area contributed by atoms with Crippen LogP contribution in [0.5, 0.6) is 5.75 Å². The van der Waals surface area contributed by atoms with Crippen LogP contribution >= 0.6 is 0 Å². The van der Waals surface area contributed by atoms with Gasteiger partial charge in [-0.3, -0.25) is 4.90 Å². The molecule has 6 nitrogen and oxygen atoms in total. The monoisotopic (exact) mass is 309 g/mol. The fourth-order valence-electron chi connectivity index (χ4n) is 2.65. The molecule has 0 spiro atoms. The summed E-state index contributed by atoms with van der Waals surface area (Å²) in [6, 6.07) is 7.36. The minimum Gasteiger partial charge on any atom is -0.482 e. The highest BCUT2D eigenvalue weighted by Gasteiger charge is 2.29.